The highest BCUT2D eigenvalue weighted by Crippen LogP contribution is 2.32. The summed E-state index contributed by atoms with van der Waals surface area (Å²) in [5.41, 5.74) is 4.30. The van der Waals surface area contributed by atoms with Crippen LogP contribution in [0.3, 0.4) is 0 Å². The predicted molar refractivity (Wildman–Crippen MR) is 99.9 cm³/mol. The van der Waals surface area contributed by atoms with E-state index in [1.165, 1.54) is 5.56 Å². The molecular formula is C21H21N3O2. The molecule has 2 aromatic carbocycles. The van der Waals surface area contributed by atoms with Gasteiger partial charge in [-0.1, -0.05) is 47.6 Å². The summed E-state index contributed by atoms with van der Waals surface area (Å²) in [7, 11) is 0. The number of rotatable bonds is 4. The monoisotopic (exact) mass is 347 g/mol. The number of hydrogen-bond acceptors (Lipinski definition) is 4. The fraction of sp³-hybridized carbons (Fsp3) is 0.286. The van der Waals surface area contributed by atoms with E-state index in [-0.39, 0.29) is 11.9 Å². The molecule has 132 valence electrons. The van der Waals surface area contributed by atoms with Gasteiger partial charge in [-0.25, -0.2) is 0 Å². The average Bonchev–Trinajstić information content (AvgIpc) is 3.23. The van der Waals surface area contributed by atoms with Crippen LogP contribution in [0.15, 0.2) is 53.1 Å². The molecule has 0 saturated carbocycles. The number of carbonyl (C=O) groups excluding carboxylic acids is 1. The van der Waals surface area contributed by atoms with Crippen LogP contribution < -0.4 is 4.90 Å². The molecule has 26 heavy (non-hydrogen) atoms. The Balaban J connectivity index is 1.45. The van der Waals surface area contributed by atoms with Gasteiger partial charge in [-0.2, -0.15) is 4.98 Å². The Morgan fingerprint density at radius 2 is 1.96 bits per heavy atom. The molecule has 4 rings (SSSR count). The first-order valence-electron chi connectivity index (χ1n) is 8.92. The van der Waals surface area contributed by atoms with E-state index in [4.69, 9.17) is 4.52 Å². The normalized spacial score (nSPS) is 15.9. The van der Waals surface area contributed by atoms with E-state index >= 15 is 0 Å². The highest BCUT2D eigenvalue weighted by Gasteiger charge is 2.30. The van der Waals surface area contributed by atoms with Crippen LogP contribution in [0.25, 0.3) is 11.4 Å². The van der Waals surface area contributed by atoms with E-state index in [9.17, 15) is 4.79 Å². The number of aryl methyl sites for hydroxylation is 2. The van der Waals surface area contributed by atoms with E-state index in [1.54, 1.807) is 0 Å². The van der Waals surface area contributed by atoms with Gasteiger partial charge in [0.2, 0.25) is 17.6 Å². The smallest absolute Gasteiger partial charge is 0.227 e. The van der Waals surface area contributed by atoms with Gasteiger partial charge in [-0.05, 0) is 37.5 Å². The molecule has 0 unspecified atom stereocenters. The van der Waals surface area contributed by atoms with Gasteiger partial charge in [0.05, 0.1) is 0 Å². The van der Waals surface area contributed by atoms with Crippen molar-refractivity contribution in [2.45, 2.75) is 39.2 Å². The van der Waals surface area contributed by atoms with Crippen LogP contribution in [0.2, 0.25) is 0 Å². The summed E-state index contributed by atoms with van der Waals surface area (Å²) in [6, 6.07) is 16.2. The number of anilines is 1. The lowest BCUT2D eigenvalue weighted by molar-refractivity contribution is -0.118. The van der Waals surface area contributed by atoms with Crippen molar-refractivity contribution in [1.29, 1.82) is 0 Å². The summed E-state index contributed by atoms with van der Waals surface area (Å²) in [5.74, 6) is 1.17. The Morgan fingerprint density at radius 1 is 1.19 bits per heavy atom. The Bertz CT molecular complexity index is 948. The molecule has 2 heterocycles. The van der Waals surface area contributed by atoms with Crippen LogP contribution in [-0.4, -0.2) is 22.1 Å². The number of hydrogen-bond donors (Lipinski definition) is 0. The summed E-state index contributed by atoms with van der Waals surface area (Å²) in [5, 5.41) is 4.06. The molecule has 1 atom stereocenters. The number of fused-ring (bicyclic) bond motifs is 1. The first-order valence-corrected chi connectivity index (χ1v) is 8.92. The Morgan fingerprint density at radius 3 is 2.81 bits per heavy atom. The van der Waals surface area contributed by atoms with Crippen molar-refractivity contribution in [3.63, 3.8) is 0 Å². The minimum absolute atomic E-state index is 0.0955. The lowest BCUT2D eigenvalue weighted by Crippen LogP contribution is -2.35. The van der Waals surface area contributed by atoms with E-state index < -0.39 is 0 Å². The highest BCUT2D eigenvalue weighted by molar-refractivity contribution is 5.96. The summed E-state index contributed by atoms with van der Waals surface area (Å²) in [4.78, 5) is 19.1. The van der Waals surface area contributed by atoms with Crippen molar-refractivity contribution < 1.29 is 9.32 Å². The lowest BCUT2D eigenvalue weighted by atomic mass is 10.1. The highest BCUT2D eigenvalue weighted by atomic mass is 16.5. The molecule has 3 aromatic rings. The minimum atomic E-state index is 0.0955. The average molecular weight is 347 g/mol. The van der Waals surface area contributed by atoms with Crippen molar-refractivity contribution >= 4 is 11.6 Å². The van der Waals surface area contributed by atoms with Gasteiger partial charge in [-0.3, -0.25) is 4.79 Å². The van der Waals surface area contributed by atoms with Crippen LogP contribution in [0, 0.1) is 6.92 Å². The van der Waals surface area contributed by atoms with Crippen LogP contribution in [0.5, 0.6) is 0 Å². The zero-order valence-corrected chi connectivity index (χ0v) is 15.0. The van der Waals surface area contributed by atoms with Crippen molar-refractivity contribution in [2.75, 3.05) is 4.90 Å². The molecule has 5 heteroatoms. The van der Waals surface area contributed by atoms with E-state index in [2.05, 4.69) is 23.1 Å². The summed E-state index contributed by atoms with van der Waals surface area (Å²) in [6.07, 6.45) is 1.71. The van der Waals surface area contributed by atoms with E-state index in [0.717, 1.165) is 23.2 Å². The predicted octanol–water partition coefficient (Wildman–Crippen LogP) is 3.96. The molecule has 0 fully saturated rings. The molecule has 0 radical (unpaired) electrons. The maximum atomic E-state index is 12.8. The number of para-hydroxylation sites is 1. The van der Waals surface area contributed by atoms with Crippen molar-refractivity contribution in [3.8, 4) is 11.4 Å². The molecule has 1 aliphatic heterocycles. The second kappa shape index (κ2) is 6.75. The molecule has 0 N–H and O–H groups in total. The molecule has 1 aromatic heterocycles. The Labute approximate surface area is 152 Å². The van der Waals surface area contributed by atoms with Crippen LogP contribution >= 0.6 is 0 Å². The standard InChI is InChI=1S/C21H21N3O2/c1-14-7-3-5-9-17(14)21-22-19(26-23-21)11-12-20(25)24-15(2)13-16-8-4-6-10-18(16)24/h3-10,15H,11-13H2,1-2H3/t15-/m1/s1. The maximum absolute atomic E-state index is 12.8. The van der Waals surface area contributed by atoms with Crippen LogP contribution in [0.1, 0.15) is 30.4 Å². The van der Waals surface area contributed by atoms with Crippen LogP contribution in [0.4, 0.5) is 5.69 Å². The van der Waals surface area contributed by atoms with Gasteiger partial charge in [-0.15, -0.1) is 0 Å². The maximum Gasteiger partial charge on any atom is 0.227 e. The molecule has 0 saturated heterocycles. The first-order chi connectivity index (χ1) is 12.6. The number of carbonyl (C=O) groups is 1. The molecule has 0 spiro atoms. The zero-order chi connectivity index (χ0) is 18.1. The summed E-state index contributed by atoms with van der Waals surface area (Å²) in [6.45, 7) is 4.10. The molecule has 0 aliphatic carbocycles. The lowest BCUT2D eigenvalue weighted by Gasteiger charge is -2.22. The van der Waals surface area contributed by atoms with Gasteiger partial charge in [0.1, 0.15) is 0 Å². The van der Waals surface area contributed by atoms with Gasteiger partial charge in [0.25, 0.3) is 0 Å². The van der Waals surface area contributed by atoms with Gasteiger partial charge < -0.3 is 9.42 Å². The van der Waals surface area contributed by atoms with E-state index in [0.29, 0.717) is 24.6 Å². The molecule has 1 amide bonds. The first kappa shape index (κ1) is 16.5. The second-order valence-electron chi connectivity index (χ2n) is 6.77. The largest absolute Gasteiger partial charge is 0.339 e. The number of aromatic nitrogens is 2. The number of nitrogens with zero attached hydrogens (tertiary/aromatic N) is 3. The molecule has 0 bridgehead atoms. The second-order valence-corrected chi connectivity index (χ2v) is 6.77. The Hall–Kier alpha value is -2.95. The van der Waals surface area contributed by atoms with Crippen LogP contribution in [-0.2, 0) is 17.6 Å². The molecule has 5 nitrogen and oxygen atoms in total. The molecular weight excluding hydrogens is 326 g/mol. The van der Waals surface area contributed by atoms with Crippen molar-refractivity contribution in [2.24, 2.45) is 0 Å². The fourth-order valence-corrected chi connectivity index (χ4v) is 3.57. The number of benzene rings is 2. The third kappa shape index (κ3) is 3.01. The summed E-state index contributed by atoms with van der Waals surface area (Å²) < 4.78 is 5.35. The minimum Gasteiger partial charge on any atom is -0.339 e. The third-order valence-electron chi connectivity index (χ3n) is 4.88. The molecule has 1 aliphatic rings. The Kier molecular flexibility index (Phi) is 4.29. The third-order valence-corrected chi connectivity index (χ3v) is 4.88. The van der Waals surface area contributed by atoms with Crippen molar-refractivity contribution in [3.05, 3.63) is 65.5 Å². The van der Waals surface area contributed by atoms with E-state index in [1.807, 2.05) is 54.3 Å². The fourth-order valence-electron chi connectivity index (χ4n) is 3.57. The van der Waals surface area contributed by atoms with Gasteiger partial charge >= 0.3 is 0 Å². The van der Waals surface area contributed by atoms with Gasteiger partial charge in [0, 0.05) is 30.1 Å². The zero-order valence-electron chi connectivity index (χ0n) is 15.0. The topological polar surface area (TPSA) is 59.2 Å². The SMILES string of the molecule is Cc1ccccc1-c1noc(CCC(=O)N2c3ccccc3C[C@H]2C)n1. The van der Waals surface area contributed by atoms with Crippen molar-refractivity contribution in [1.82, 2.24) is 10.1 Å². The van der Waals surface area contributed by atoms with Gasteiger partial charge in [0.15, 0.2) is 0 Å². The number of amides is 1. The summed E-state index contributed by atoms with van der Waals surface area (Å²) >= 11 is 0. The quantitative estimate of drug-likeness (QED) is 0.717.